The first kappa shape index (κ1) is 17.0. The largest absolute Gasteiger partial charge is 0.390 e. The van der Waals surface area contributed by atoms with Crippen LogP contribution in [0, 0.1) is 0 Å². The molecule has 0 spiro atoms. The van der Waals surface area contributed by atoms with Gasteiger partial charge in [-0.1, -0.05) is 54.6 Å². The van der Waals surface area contributed by atoms with Gasteiger partial charge in [-0.3, -0.25) is 4.79 Å². The number of carbonyl (C=O) groups is 2. The monoisotopic (exact) mass is 339 g/mol. The topological polar surface area (TPSA) is 104 Å². The van der Waals surface area contributed by atoms with E-state index in [2.05, 4.69) is 10.6 Å². The summed E-state index contributed by atoms with van der Waals surface area (Å²) in [6.07, 6.45) is 0.126. The Labute approximate surface area is 146 Å². The molecule has 25 heavy (non-hydrogen) atoms. The molecular formula is C19H21N3O3. The number of hydrogen-bond acceptors (Lipinski definition) is 3. The molecule has 130 valence electrons. The second kappa shape index (κ2) is 7.36. The third-order valence-electron chi connectivity index (χ3n) is 4.42. The number of aliphatic hydroxyl groups is 1. The van der Waals surface area contributed by atoms with Crippen molar-refractivity contribution in [1.82, 2.24) is 10.6 Å². The molecule has 2 aromatic carbocycles. The lowest BCUT2D eigenvalue weighted by atomic mass is 10.0. The van der Waals surface area contributed by atoms with Crippen LogP contribution in [0.1, 0.15) is 22.7 Å². The highest BCUT2D eigenvalue weighted by atomic mass is 16.3. The summed E-state index contributed by atoms with van der Waals surface area (Å²) in [6, 6.07) is 14.9. The van der Waals surface area contributed by atoms with Gasteiger partial charge >= 0.3 is 6.03 Å². The third kappa shape index (κ3) is 3.97. The van der Waals surface area contributed by atoms with Crippen LogP contribution in [0.15, 0.2) is 54.6 Å². The fraction of sp³-hybridized carbons (Fsp3) is 0.263. The van der Waals surface area contributed by atoms with Crippen LogP contribution in [0.5, 0.6) is 0 Å². The van der Waals surface area contributed by atoms with Gasteiger partial charge in [0, 0.05) is 12.8 Å². The minimum atomic E-state index is -0.806. The Bertz CT molecular complexity index is 764. The average Bonchev–Trinajstić information content (AvgIpc) is 2.90. The molecule has 0 aliphatic heterocycles. The number of rotatable bonds is 5. The van der Waals surface area contributed by atoms with Gasteiger partial charge in [0.05, 0.1) is 12.1 Å². The molecule has 0 saturated heterocycles. The number of amides is 3. The normalized spacial score (nSPS) is 19.7. The minimum absolute atomic E-state index is 0.320. The van der Waals surface area contributed by atoms with E-state index in [1.807, 2.05) is 54.6 Å². The summed E-state index contributed by atoms with van der Waals surface area (Å²) < 4.78 is 0. The zero-order valence-electron chi connectivity index (χ0n) is 13.7. The van der Waals surface area contributed by atoms with Crippen molar-refractivity contribution in [3.63, 3.8) is 0 Å². The molecule has 0 fully saturated rings. The molecule has 3 atom stereocenters. The quantitative estimate of drug-likeness (QED) is 0.654. The molecule has 6 nitrogen and oxygen atoms in total. The van der Waals surface area contributed by atoms with Crippen molar-refractivity contribution in [1.29, 1.82) is 0 Å². The number of carbonyl (C=O) groups excluding carboxylic acids is 2. The highest BCUT2D eigenvalue weighted by Crippen LogP contribution is 2.31. The first-order valence-corrected chi connectivity index (χ1v) is 8.20. The van der Waals surface area contributed by atoms with E-state index >= 15 is 0 Å². The standard InChI is InChI=1S/C19H21N3O3/c20-19(25)21-15(10-12-6-2-1-3-7-12)18(24)22-17-14-9-5-4-8-13(14)11-16(17)23/h1-9,15-17,23H,10-11H2,(H,22,24)(H3,20,21,25). The Balaban J connectivity index is 1.75. The van der Waals surface area contributed by atoms with Crippen molar-refractivity contribution in [2.75, 3.05) is 0 Å². The fourth-order valence-electron chi connectivity index (χ4n) is 3.23. The van der Waals surface area contributed by atoms with Crippen LogP contribution < -0.4 is 16.4 Å². The smallest absolute Gasteiger partial charge is 0.312 e. The van der Waals surface area contributed by atoms with Crippen molar-refractivity contribution < 1.29 is 14.7 Å². The molecule has 1 aliphatic carbocycles. The molecule has 0 heterocycles. The molecule has 3 amide bonds. The van der Waals surface area contributed by atoms with E-state index < -0.39 is 24.2 Å². The first-order valence-electron chi connectivity index (χ1n) is 8.20. The molecule has 3 rings (SSSR count). The molecule has 5 N–H and O–H groups in total. The summed E-state index contributed by atoms with van der Waals surface area (Å²) in [5.41, 5.74) is 8.04. The maximum Gasteiger partial charge on any atom is 0.312 e. The van der Waals surface area contributed by atoms with Crippen LogP contribution in [-0.4, -0.2) is 29.2 Å². The van der Waals surface area contributed by atoms with Crippen LogP contribution in [0.25, 0.3) is 0 Å². The minimum Gasteiger partial charge on any atom is -0.390 e. The van der Waals surface area contributed by atoms with E-state index in [1.54, 1.807) is 0 Å². The Morgan fingerprint density at radius 3 is 2.52 bits per heavy atom. The van der Waals surface area contributed by atoms with Crippen molar-refractivity contribution in [3.05, 3.63) is 71.3 Å². The summed E-state index contributed by atoms with van der Waals surface area (Å²) in [5.74, 6) is -0.372. The van der Waals surface area contributed by atoms with E-state index in [0.29, 0.717) is 12.8 Å². The highest BCUT2D eigenvalue weighted by Gasteiger charge is 2.33. The van der Waals surface area contributed by atoms with E-state index in [0.717, 1.165) is 16.7 Å². The number of fused-ring (bicyclic) bond motifs is 1. The van der Waals surface area contributed by atoms with Gasteiger partial charge < -0.3 is 21.5 Å². The van der Waals surface area contributed by atoms with Gasteiger partial charge in [-0.15, -0.1) is 0 Å². The van der Waals surface area contributed by atoms with Crippen molar-refractivity contribution >= 4 is 11.9 Å². The van der Waals surface area contributed by atoms with E-state index in [9.17, 15) is 14.7 Å². The predicted molar refractivity (Wildman–Crippen MR) is 93.7 cm³/mol. The molecular weight excluding hydrogens is 318 g/mol. The number of nitrogens with one attached hydrogen (secondary N) is 2. The Morgan fingerprint density at radius 1 is 1.12 bits per heavy atom. The highest BCUT2D eigenvalue weighted by molar-refractivity contribution is 5.87. The number of primary amides is 1. The molecule has 0 saturated carbocycles. The number of nitrogens with two attached hydrogens (primary N) is 1. The lowest BCUT2D eigenvalue weighted by Crippen LogP contribution is -2.51. The molecule has 1 aliphatic rings. The summed E-state index contributed by atoms with van der Waals surface area (Å²) in [4.78, 5) is 24.0. The molecule has 6 heteroatoms. The molecule has 3 unspecified atom stereocenters. The third-order valence-corrected chi connectivity index (χ3v) is 4.42. The van der Waals surface area contributed by atoms with Gasteiger partial charge in [-0.05, 0) is 16.7 Å². The van der Waals surface area contributed by atoms with Crippen LogP contribution in [0.4, 0.5) is 4.79 Å². The predicted octanol–water partition coefficient (Wildman–Crippen LogP) is 1.04. The van der Waals surface area contributed by atoms with Gasteiger partial charge in [-0.2, -0.15) is 0 Å². The molecule has 0 radical (unpaired) electrons. The summed E-state index contributed by atoms with van der Waals surface area (Å²) >= 11 is 0. The second-order valence-corrected chi connectivity index (χ2v) is 6.21. The summed E-state index contributed by atoms with van der Waals surface area (Å²) in [6.45, 7) is 0. The summed E-state index contributed by atoms with van der Waals surface area (Å²) in [5, 5.41) is 15.6. The van der Waals surface area contributed by atoms with Crippen molar-refractivity contribution in [3.8, 4) is 0 Å². The van der Waals surface area contributed by atoms with Crippen LogP contribution in [0.3, 0.4) is 0 Å². The number of urea groups is 1. The van der Waals surface area contributed by atoms with Crippen LogP contribution in [-0.2, 0) is 17.6 Å². The summed E-state index contributed by atoms with van der Waals surface area (Å²) in [7, 11) is 0. The lowest BCUT2D eigenvalue weighted by Gasteiger charge is -2.23. The zero-order valence-corrected chi connectivity index (χ0v) is 13.7. The first-order chi connectivity index (χ1) is 12.0. The fourth-order valence-corrected chi connectivity index (χ4v) is 3.23. The second-order valence-electron chi connectivity index (χ2n) is 6.21. The van der Waals surface area contributed by atoms with Gasteiger partial charge in [0.1, 0.15) is 6.04 Å². The Hall–Kier alpha value is -2.86. The lowest BCUT2D eigenvalue weighted by molar-refractivity contribution is -0.124. The molecule has 2 aromatic rings. The van der Waals surface area contributed by atoms with Crippen molar-refractivity contribution in [2.24, 2.45) is 5.73 Å². The van der Waals surface area contributed by atoms with E-state index in [4.69, 9.17) is 5.73 Å². The number of hydrogen-bond donors (Lipinski definition) is 4. The molecule has 0 aromatic heterocycles. The maximum atomic E-state index is 12.7. The van der Waals surface area contributed by atoms with Gasteiger partial charge in [-0.25, -0.2) is 4.79 Å². The van der Waals surface area contributed by atoms with Crippen LogP contribution >= 0.6 is 0 Å². The van der Waals surface area contributed by atoms with Gasteiger partial charge in [0.25, 0.3) is 0 Å². The Kier molecular flexibility index (Phi) is 5.00. The SMILES string of the molecule is NC(=O)NC(Cc1ccccc1)C(=O)NC1c2ccccc2CC1O. The Morgan fingerprint density at radius 2 is 1.80 bits per heavy atom. The zero-order chi connectivity index (χ0) is 17.8. The van der Waals surface area contributed by atoms with Gasteiger partial charge in [0.2, 0.25) is 5.91 Å². The van der Waals surface area contributed by atoms with Crippen LogP contribution in [0.2, 0.25) is 0 Å². The van der Waals surface area contributed by atoms with Gasteiger partial charge in [0.15, 0.2) is 0 Å². The van der Waals surface area contributed by atoms with E-state index in [-0.39, 0.29) is 5.91 Å². The number of aliphatic hydroxyl groups excluding tert-OH is 1. The average molecular weight is 339 g/mol. The number of benzene rings is 2. The maximum absolute atomic E-state index is 12.7. The molecule has 0 bridgehead atoms. The van der Waals surface area contributed by atoms with E-state index in [1.165, 1.54) is 0 Å². The van der Waals surface area contributed by atoms with Crippen molar-refractivity contribution in [2.45, 2.75) is 31.0 Å².